The zero-order valence-corrected chi connectivity index (χ0v) is 28.6. The highest BCUT2D eigenvalue weighted by molar-refractivity contribution is 7.88. The first-order valence-electron chi connectivity index (χ1n) is 16.3. The van der Waals surface area contributed by atoms with E-state index in [-0.39, 0.29) is 30.2 Å². The van der Waals surface area contributed by atoms with Gasteiger partial charge in [0.05, 0.1) is 12.3 Å². The monoisotopic (exact) mass is 654 g/mol. The molecule has 0 aromatic heterocycles. The molecule has 1 saturated heterocycles. The summed E-state index contributed by atoms with van der Waals surface area (Å²) in [5.74, 6) is -2.71. The Balaban J connectivity index is 1.80. The predicted molar refractivity (Wildman–Crippen MR) is 170 cm³/mol. The molecule has 3 rings (SSSR count). The minimum atomic E-state index is -3.49. The summed E-state index contributed by atoms with van der Waals surface area (Å²) in [6, 6.07) is -3.93. The zero-order chi connectivity index (χ0) is 33.7. The number of ketones is 1. The van der Waals surface area contributed by atoms with E-state index in [1.54, 1.807) is 0 Å². The van der Waals surface area contributed by atoms with Gasteiger partial charge in [-0.2, -0.15) is 0 Å². The van der Waals surface area contributed by atoms with Crippen LogP contribution >= 0.6 is 0 Å². The molecule has 3 aliphatic rings. The van der Waals surface area contributed by atoms with Gasteiger partial charge in [0.1, 0.15) is 12.1 Å². The molecule has 3 fully saturated rings. The largest absolute Gasteiger partial charge is 0.363 e. The lowest BCUT2D eigenvalue weighted by atomic mass is 9.80. The molecule has 1 unspecified atom stereocenters. The van der Waals surface area contributed by atoms with E-state index >= 15 is 0 Å². The van der Waals surface area contributed by atoms with Gasteiger partial charge >= 0.3 is 6.03 Å². The maximum atomic E-state index is 14.3. The Hall–Kier alpha value is -2.74. The van der Waals surface area contributed by atoms with Gasteiger partial charge in [0.15, 0.2) is 0 Å². The van der Waals surface area contributed by atoms with E-state index in [0.29, 0.717) is 19.4 Å². The van der Waals surface area contributed by atoms with E-state index in [0.717, 1.165) is 57.6 Å². The van der Waals surface area contributed by atoms with Crippen LogP contribution in [0.2, 0.25) is 0 Å². The van der Waals surface area contributed by atoms with Crippen LogP contribution in [-0.2, 0) is 29.2 Å². The lowest BCUT2D eigenvalue weighted by Gasteiger charge is -2.37. The van der Waals surface area contributed by atoms with Crippen molar-refractivity contribution in [2.75, 3.05) is 26.4 Å². The number of carbonyl (C=O) groups is 5. The van der Waals surface area contributed by atoms with Crippen molar-refractivity contribution in [1.82, 2.24) is 25.2 Å². The highest BCUT2D eigenvalue weighted by atomic mass is 32.2. The summed E-state index contributed by atoms with van der Waals surface area (Å²) in [5.41, 5.74) is 4.80. The maximum absolute atomic E-state index is 14.3. The summed E-state index contributed by atoms with van der Waals surface area (Å²) < 4.78 is 25.4. The van der Waals surface area contributed by atoms with Gasteiger partial charge in [-0.1, -0.05) is 66.2 Å². The molecule has 5 amide bonds. The van der Waals surface area contributed by atoms with Gasteiger partial charge in [-0.3, -0.25) is 19.2 Å². The number of amides is 5. The third-order valence-corrected chi connectivity index (χ3v) is 11.1. The number of nitrogens with zero attached hydrogens (tertiary/aromatic N) is 2. The van der Waals surface area contributed by atoms with Crippen LogP contribution in [-0.4, -0.2) is 97.7 Å². The number of Topliss-reactive ketones (excluding diaryl/α,β-unsaturated/α-hetero) is 1. The summed E-state index contributed by atoms with van der Waals surface area (Å²) in [7, 11) is -2.03. The summed E-state index contributed by atoms with van der Waals surface area (Å²) >= 11 is 0. The van der Waals surface area contributed by atoms with E-state index in [4.69, 9.17) is 5.73 Å². The fraction of sp³-hybridized carbons (Fsp3) is 0.839. The van der Waals surface area contributed by atoms with E-state index in [9.17, 15) is 32.4 Å². The molecule has 1 aliphatic heterocycles. The van der Waals surface area contributed by atoms with Crippen LogP contribution in [0.5, 0.6) is 0 Å². The maximum Gasteiger partial charge on any atom is 0.315 e. The SMILES string of the molecule is C[C@@H]1C[C@@H](C(=O)NC(CC2CCC2)C(=O)C(N)=O)N(C(=O)[C@@H](NC(=O)N[C@H](CN(C)S(C)(=O)=O)C(C)(C)C)C2CCCCC2)C1. The van der Waals surface area contributed by atoms with Crippen LogP contribution in [0.1, 0.15) is 91.9 Å². The quantitative estimate of drug-likeness (QED) is 0.217. The molecule has 1 heterocycles. The zero-order valence-electron chi connectivity index (χ0n) is 27.8. The molecule has 256 valence electrons. The topological polar surface area (TPSA) is 188 Å². The first-order valence-corrected chi connectivity index (χ1v) is 18.2. The Kier molecular flexibility index (Phi) is 12.4. The van der Waals surface area contributed by atoms with Crippen molar-refractivity contribution in [3.8, 4) is 0 Å². The van der Waals surface area contributed by atoms with E-state index in [1.165, 1.54) is 16.3 Å². The minimum Gasteiger partial charge on any atom is -0.363 e. The number of primary amides is 1. The van der Waals surface area contributed by atoms with Crippen molar-refractivity contribution in [3.63, 3.8) is 0 Å². The fourth-order valence-electron chi connectivity index (χ4n) is 6.57. The van der Waals surface area contributed by atoms with E-state index in [2.05, 4.69) is 16.0 Å². The van der Waals surface area contributed by atoms with Crippen molar-refractivity contribution in [2.45, 2.75) is 116 Å². The summed E-state index contributed by atoms with van der Waals surface area (Å²) in [4.78, 5) is 67.2. The highest BCUT2D eigenvalue weighted by Gasteiger charge is 2.44. The van der Waals surface area contributed by atoms with Gasteiger partial charge < -0.3 is 26.6 Å². The molecule has 2 saturated carbocycles. The summed E-state index contributed by atoms with van der Waals surface area (Å²) in [6.45, 7) is 7.99. The van der Waals surface area contributed by atoms with Gasteiger partial charge in [-0.25, -0.2) is 17.5 Å². The first-order chi connectivity index (χ1) is 20.9. The number of hydrogen-bond donors (Lipinski definition) is 4. The van der Waals surface area contributed by atoms with Crippen LogP contribution in [0, 0.1) is 23.2 Å². The van der Waals surface area contributed by atoms with Gasteiger partial charge in [0.25, 0.3) is 5.91 Å². The van der Waals surface area contributed by atoms with E-state index in [1.807, 2.05) is 27.7 Å². The second-order valence-corrected chi connectivity index (χ2v) is 16.7. The third-order valence-electron chi connectivity index (χ3n) is 9.80. The molecule has 13 nitrogen and oxygen atoms in total. The molecule has 14 heteroatoms. The number of rotatable bonds is 13. The molecule has 45 heavy (non-hydrogen) atoms. The Morgan fingerprint density at radius 1 is 0.956 bits per heavy atom. The summed E-state index contributed by atoms with van der Waals surface area (Å²) in [5, 5.41) is 8.56. The van der Waals surface area contributed by atoms with Crippen LogP contribution in [0.3, 0.4) is 0 Å². The highest BCUT2D eigenvalue weighted by Crippen LogP contribution is 2.32. The molecule has 2 aliphatic carbocycles. The molecule has 0 radical (unpaired) electrons. The number of hydrogen-bond acceptors (Lipinski definition) is 7. The fourth-order valence-corrected chi connectivity index (χ4v) is 6.99. The smallest absolute Gasteiger partial charge is 0.315 e. The first kappa shape index (κ1) is 36.7. The Morgan fingerprint density at radius 3 is 2.09 bits per heavy atom. The molecule has 0 bridgehead atoms. The number of nitrogens with one attached hydrogen (secondary N) is 3. The Morgan fingerprint density at radius 2 is 1.58 bits per heavy atom. The normalized spacial score (nSPS) is 23.5. The molecule has 5 atom stereocenters. The van der Waals surface area contributed by atoms with Crippen LogP contribution in [0.15, 0.2) is 0 Å². The molecule has 5 N–H and O–H groups in total. The van der Waals surface area contributed by atoms with Crippen molar-refractivity contribution in [3.05, 3.63) is 0 Å². The van der Waals surface area contributed by atoms with Gasteiger partial charge in [-0.15, -0.1) is 0 Å². The van der Waals surface area contributed by atoms with E-state index < -0.39 is 63.2 Å². The molecular formula is C31H54N6O7S. The minimum absolute atomic E-state index is 0.000688. The average Bonchev–Trinajstić information content (AvgIpc) is 3.32. The lowest BCUT2D eigenvalue weighted by Crippen LogP contribution is -2.60. The molecule has 0 aromatic rings. The van der Waals surface area contributed by atoms with Crippen molar-refractivity contribution in [1.29, 1.82) is 0 Å². The Bertz CT molecular complexity index is 1210. The van der Waals surface area contributed by atoms with Crippen LogP contribution < -0.4 is 21.7 Å². The number of nitrogens with two attached hydrogens (primary N) is 1. The molecule has 0 aromatic carbocycles. The Labute approximate surface area is 268 Å². The van der Waals surface area contributed by atoms with Crippen molar-refractivity contribution in [2.24, 2.45) is 28.9 Å². The van der Waals surface area contributed by atoms with Gasteiger partial charge in [0, 0.05) is 26.2 Å². The number of carbonyl (C=O) groups excluding carboxylic acids is 5. The standard InChI is InChI=1S/C31H54N6O7S/c1-19-15-23(28(40)33-22(26(38)27(32)39)16-20-11-10-12-20)37(17-19)29(41)25(21-13-8-7-9-14-21)35-30(42)34-24(31(2,3)4)18-36(5)45(6,43)44/h19-25H,7-18H2,1-6H3,(H2,32,39)(H,33,40)(H2,34,35,42)/t19-,22?,23+,24-,25+/m1/s1. The number of likely N-dealkylation sites (N-methyl/N-ethyl adjacent to an activating group) is 1. The van der Waals surface area contributed by atoms with Crippen molar-refractivity contribution >= 4 is 39.6 Å². The second kappa shape index (κ2) is 15.2. The lowest BCUT2D eigenvalue weighted by molar-refractivity contribution is -0.143. The average molecular weight is 655 g/mol. The van der Waals surface area contributed by atoms with Crippen molar-refractivity contribution < 1.29 is 32.4 Å². The van der Waals surface area contributed by atoms with Crippen LogP contribution in [0.4, 0.5) is 4.79 Å². The van der Waals surface area contributed by atoms with Crippen LogP contribution in [0.25, 0.3) is 0 Å². The number of urea groups is 1. The second-order valence-electron chi connectivity index (χ2n) is 14.6. The molecular weight excluding hydrogens is 600 g/mol. The van der Waals surface area contributed by atoms with Gasteiger partial charge in [-0.05, 0) is 48.9 Å². The number of sulfonamides is 1. The number of likely N-dealkylation sites (tertiary alicyclic amines) is 1. The molecule has 0 spiro atoms. The van der Waals surface area contributed by atoms with Gasteiger partial charge in [0.2, 0.25) is 27.6 Å². The summed E-state index contributed by atoms with van der Waals surface area (Å²) in [6.07, 6.45) is 9.04. The third kappa shape index (κ3) is 10.1. The predicted octanol–water partition coefficient (Wildman–Crippen LogP) is 1.51.